The molecule has 11 nitrogen and oxygen atoms in total. The summed E-state index contributed by atoms with van der Waals surface area (Å²) < 4.78 is 22.2. The fourth-order valence-corrected chi connectivity index (χ4v) is 4.34. The Morgan fingerprint density at radius 1 is 1.02 bits per heavy atom. The molecule has 224 valence electrons. The number of benzene rings is 3. The Labute approximate surface area is 253 Å². The third-order valence-electron chi connectivity index (χ3n) is 6.26. The molecule has 0 aliphatic carbocycles. The highest BCUT2D eigenvalue weighted by atomic mass is 35.5. The number of esters is 1. The minimum absolute atomic E-state index is 0.184. The highest BCUT2D eigenvalue weighted by Crippen LogP contribution is 2.34. The summed E-state index contributed by atoms with van der Waals surface area (Å²) in [5.41, 5.74) is 5.28. The van der Waals surface area contributed by atoms with Crippen molar-refractivity contribution in [1.29, 1.82) is 0 Å². The molecule has 1 aliphatic heterocycles. The molecule has 0 radical (unpaired) electrons. The smallest absolute Gasteiger partial charge is 0.338 e. The van der Waals surface area contributed by atoms with Crippen molar-refractivity contribution in [3.05, 3.63) is 99.7 Å². The van der Waals surface area contributed by atoms with Crippen LogP contribution >= 0.6 is 11.6 Å². The van der Waals surface area contributed by atoms with Gasteiger partial charge in [-0.15, -0.1) is 0 Å². The van der Waals surface area contributed by atoms with E-state index in [9.17, 15) is 14.4 Å². The number of allylic oxidation sites excluding steroid dienone is 1. The molecule has 3 aromatic rings. The van der Waals surface area contributed by atoms with E-state index in [1.165, 1.54) is 13.3 Å². The van der Waals surface area contributed by atoms with Crippen LogP contribution in [0, 0.1) is 0 Å². The lowest BCUT2D eigenvalue weighted by molar-refractivity contribution is -0.139. The van der Waals surface area contributed by atoms with Gasteiger partial charge in [-0.25, -0.2) is 15.0 Å². The number of carbonyl (C=O) groups excluding carboxylic acids is 3. The molecule has 3 aromatic carbocycles. The van der Waals surface area contributed by atoms with Crippen LogP contribution < -0.4 is 30.3 Å². The molecule has 3 N–H and O–H groups in total. The predicted molar refractivity (Wildman–Crippen MR) is 160 cm³/mol. The molecule has 3 amide bonds. The van der Waals surface area contributed by atoms with Crippen molar-refractivity contribution in [2.24, 2.45) is 5.10 Å². The minimum Gasteiger partial charge on any atom is -0.493 e. The maximum atomic E-state index is 12.6. The SMILES string of the molecule is CCOC(=O)C1=C(C)NC(=O)N[C@@H]1c1ccc(OCC(=O)N/N=C/c2ccccc2OCc2ccc(Cl)cc2)c(OC)c1. The topological polar surface area (TPSA) is 137 Å². The van der Waals surface area contributed by atoms with Crippen molar-refractivity contribution in [1.82, 2.24) is 16.1 Å². The summed E-state index contributed by atoms with van der Waals surface area (Å²) in [6, 6.07) is 18.3. The van der Waals surface area contributed by atoms with Gasteiger partial charge in [0.15, 0.2) is 18.1 Å². The summed E-state index contributed by atoms with van der Waals surface area (Å²) in [6.07, 6.45) is 1.48. The van der Waals surface area contributed by atoms with Gasteiger partial charge in [-0.3, -0.25) is 4.79 Å². The largest absolute Gasteiger partial charge is 0.493 e. The first kappa shape index (κ1) is 30.9. The molecule has 4 rings (SSSR count). The number of urea groups is 1. The Morgan fingerprint density at radius 2 is 1.79 bits per heavy atom. The number of rotatable bonds is 12. The molecule has 0 fully saturated rings. The van der Waals surface area contributed by atoms with Crippen LogP contribution in [0.2, 0.25) is 5.02 Å². The van der Waals surface area contributed by atoms with E-state index in [-0.39, 0.29) is 24.5 Å². The van der Waals surface area contributed by atoms with Gasteiger partial charge in [0.2, 0.25) is 0 Å². The number of hydrogen-bond donors (Lipinski definition) is 3. The molecule has 12 heteroatoms. The summed E-state index contributed by atoms with van der Waals surface area (Å²) in [6.45, 7) is 3.50. The summed E-state index contributed by atoms with van der Waals surface area (Å²) in [4.78, 5) is 37.2. The number of halogens is 1. The Kier molecular flexibility index (Phi) is 10.6. The van der Waals surface area contributed by atoms with Gasteiger partial charge in [0.1, 0.15) is 12.4 Å². The van der Waals surface area contributed by atoms with Crippen molar-refractivity contribution in [3.63, 3.8) is 0 Å². The third-order valence-corrected chi connectivity index (χ3v) is 6.52. The number of hydrogen-bond acceptors (Lipinski definition) is 8. The number of nitrogens with one attached hydrogen (secondary N) is 3. The Morgan fingerprint density at radius 3 is 2.53 bits per heavy atom. The van der Waals surface area contributed by atoms with Crippen LogP contribution in [0.15, 0.2) is 83.1 Å². The van der Waals surface area contributed by atoms with E-state index in [4.69, 9.17) is 30.5 Å². The number of ether oxygens (including phenoxy) is 4. The third kappa shape index (κ3) is 8.26. The van der Waals surface area contributed by atoms with E-state index >= 15 is 0 Å². The van der Waals surface area contributed by atoms with Gasteiger partial charge in [0, 0.05) is 16.3 Å². The van der Waals surface area contributed by atoms with Gasteiger partial charge in [-0.2, -0.15) is 5.10 Å². The maximum Gasteiger partial charge on any atom is 0.338 e. The quantitative estimate of drug-likeness (QED) is 0.155. The van der Waals surface area contributed by atoms with Gasteiger partial charge in [0.25, 0.3) is 5.91 Å². The van der Waals surface area contributed by atoms with E-state index in [1.54, 1.807) is 50.2 Å². The molecule has 0 saturated heterocycles. The van der Waals surface area contributed by atoms with E-state index in [0.717, 1.165) is 5.56 Å². The van der Waals surface area contributed by atoms with E-state index in [1.807, 2.05) is 30.3 Å². The normalized spacial score (nSPS) is 14.5. The first-order valence-corrected chi connectivity index (χ1v) is 13.7. The van der Waals surface area contributed by atoms with Crippen LogP contribution in [-0.2, 0) is 20.9 Å². The zero-order valence-electron chi connectivity index (χ0n) is 23.8. The summed E-state index contributed by atoms with van der Waals surface area (Å²) >= 11 is 5.94. The maximum absolute atomic E-state index is 12.6. The van der Waals surface area contributed by atoms with Gasteiger partial charge in [0.05, 0.1) is 31.5 Å². The molecule has 1 aliphatic rings. The number of methoxy groups -OCH3 is 1. The molecule has 0 saturated carbocycles. The predicted octanol–water partition coefficient (Wildman–Crippen LogP) is 4.65. The fourth-order valence-electron chi connectivity index (χ4n) is 4.22. The zero-order chi connectivity index (χ0) is 30.8. The Hall–Kier alpha value is -5.03. The van der Waals surface area contributed by atoms with Crippen LogP contribution in [0.5, 0.6) is 17.2 Å². The summed E-state index contributed by atoms with van der Waals surface area (Å²) in [7, 11) is 1.44. The minimum atomic E-state index is -0.772. The van der Waals surface area contributed by atoms with Crippen molar-refractivity contribution in [2.45, 2.75) is 26.5 Å². The van der Waals surface area contributed by atoms with Gasteiger partial charge in [-0.05, 0) is 61.4 Å². The molecular formula is C31H31ClN4O7. The number of para-hydroxylation sites is 1. The second-order valence-electron chi connectivity index (χ2n) is 9.24. The number of carbonyl (C=O) groups is 3. The monoisotopic (exact) mass is 606 g/mol. The second-order valence-corrected chi connectivity index (χ2v) is 9.67. The van der Waals surface area contributed by atoms with Crippen molar-refractivity contribution in [3.8, 4) is 17.2 Å². The number of hydrazone groups is 1. The average Bonchev–Trinajstić information content (AvgIpc) is 3.00. The summed E-state index contributed by atoms with van der Waals surface area (Å²) in [5, 5.41) is 10.00. The van der Waals surface area contributed by atoms with Crippen LogP contribution in [0.25, 0.3) is 0 Å². The lowest BCUT2D eigenvalue weighted by atomic mass is 9.95. The van der Waals surface area contributed by atoms with Gasteiger partial charge in [-0.1, -0.05) is 41.9 Å². The Balaban J connectivity index is 1.37. The van der Waals surface area contributed by atoms with Crippen LogP contribution in [-0.4, -0.2) is 44.4 Å². The van der Waals surface area contributed by atoms with Crippen molar-refractivity contribution in [2.75, 3.05) is 20.3 Å². The van der Waals surface area contributed by atoms with E-state index < -0.39 is 23.9 Å². The lowest BCUT2D eigenvalue weighted by Gasteiger charge is -2.28. The Bertz CT molecular complexity index is 1540. The molecule has 0 unspecified atom stereocenters. The number of amides is 3. The van der Waals surface area contributed by atoms with Crippen LogP contribution in [0.3, 0.4) is 0 Å². The first-order chi connectivity index (χ1) is 20.8. The molecule has 1 heterocycles. The molecule has 0 aromatic heterocycles. The van der Waals surface area contributed by atoms with E-state index in [2.05, 4.69) is 21.2 Å². The number of nitrogens with zero attached hydrogens (tertiary/aromatic N) is 1. The molecule has 0 spiro atoms. The fraction of sp³-hybridized carbons (Fsp3) is 0.226. The van der Waals surface area contributed by atoms with Crippen LogP contribution in [0.4, 0.5) is 4.79 Å². The van der Waals surface area contributed by atoms with Gasteiger partial charge >= 0.3 is 12.0 Å². The first-order valence-electron chi connectivity index (χ1n) is 13.3. The van der Waals surface area contributed by atoms with Crippen molar-refractivity contribution < 1.29 is 33.3 Å². The van der Waals surface area contributed by atoms with Crippen LogP contribution in [0.1, 0.15) is 36.6 Å². The standard InChI is InChI=1S/C31H31ClN4O7/c1-4-41-30(38)28-19(2)34-31(39)35-29(28)21-11-14-25(26(15-21)40-3)43-18-27(37)36-33-16-22-7-5-6-8-24(22)42-17-20-9-12-23(32)13-10-20/h5-16,29H,4,17-18H2,1-3H3,(H,36,37)(H2,34,35,39)/b33-16+/t29-/m1/s1. The highest BCUT2D eigenvalue weighted by Gasteiger charge is 2.32. The molecule has 43 heavy (non-hydrogen) atoms. The molecule has 0 bridgehead atoms. The van der Waals surface area contributed by atoms with Gasteiger partial charge < -0.3 is 29.6 Å². The average molecular weight is 607 g/mol. The van der Waals surface area contributed by atoms with E-state index in [0.29, 0.717) is 40.0 Å². The highest BCUT2D eigenvalue weighted by molar-refractivity contribution is 6.30. The zero-order valence-corrected chi connectivity index (χ0v) is 24.6. The second kappa shape index (κ2) is 14.7. The molecular weight excluding hydrogens is 576 g/mol. The summed E-state index contributed by atoms with van der Waals surface area (Å²) in [5.74, 6) is 0.122. The van der Waals surface area contributed by atoms with Crippen molar-refractivity contribution >= 4 is 35.7 Å². The lowest BCUT2D eigenvalue weighted by Crippen LogP contribution is -2.45. The molecule has 1 atom stereocenters.